The second-order valence-electron chi connectivity index (χ2n) is 6.12. The second kappa shape index (κ2) is 9.61. The van der Waals surface area contributed by atoms with Gasteiger partial charge in [0.05, 0.1) is 25.6 Å². The Morgan fingerprint density at radius 2 is 1.95 bits per heavy atom. The zero-order valence-corrected chi connectivity index (χ0v) is 13.8. The number of pyridine rings is 1. The molecule has 0 saturated heterocycles. The molecule has 0 bridgehead atoms. The molecule has 0 amide bonds. The summed E-state index contributed by atoms with van der Waals surface area (Å²) < 4.78 is 10.7. The first-order valence-corrected chi connectivity index (χ1v) is 7.82. The highest BCUT2D eigenvalue weighted by molar-refractivity contribution is 5.37. The first kappa shape index (κ1) is 17.8. The van der Waals surface area contributed by atoms with E-state index in [1.165, 1.54) is 32.6 Å². The minimum absolute atomic E-state index is 0.0556. The fraction of sp³-hybridized carbons (Fsp3) is 0.706. The van der Waals surface area contributed by atoms with E-state index < -0.39 is 0 Å². The Hall–Kier alpha value is -1.29. The smallest absolute Gasteiger partial charge is 0.176 e. The van der Waals surface area contributed by atoms with Crippen LogP contribution in [0.2, 0.25) is 0 Å². The van der Waals surface area contributed by atoms with Gasteiger partial charge >= 0.3 is 0 Å². The molecule has 1 rings (SSSR count). The van der Waals surface area contributed by atoms with E-state index in [-0.39, 0.29) is 5.75 Å². The third-order valence-electron chi connectivity index (χ3n) is 3.61. The molecule has 0 aromatic carbocycles. The van der Waals surface area contributed by atoms with Gasteiger partial charge in [-0.05, 0) is 18.3 Å². The topological polar surface area (TPSA) is 51.6 Å². The number of aromatic nitrogens is 1. The average Bonchev–Trinajstić information content (AvgIpc) is 2.44. The normalized spacial score (nSPS) is 12.6. The zero-order chi connectivity index (χ0) is 15.7. The monoisotopic (exact) mass is 295 g/mol. The standard InChI is InChI=1S/C17H29NO3/c1-13(2)6-5-7-14(3)8-9-21-12-15-10-17(20-4)16(19)11-18-15/h10-11,13-14,19H,5-9,12H2,1-4H3. The molecule has 21 heavy (non-hydrogen) atoms. The quantitative estimate of drug-likeness (QED) is 0.658. The molecule has 0 spiro atoms. The molecule has 0 aliphatic carbocycles. The fourth-order valence-electron chi connectivity index (χ4n) is 2.19. The van der Waals surface area contributed by atoms with E-state index in [0.29, 0.717) is 18.3 Å². The number of rotatable bonds is 10. The Morgan fingerprint density at radius 3 is 2.62 bits per heavy atom. The molecule has 0 radical (unpaired) electrons. The van der Waals surface area contributed by atoms with Gasteiger partial charge in [0.2, 0.25) is 0 Å². The Morgan fingerprint density at radius 1 is 1.19 bits per heavy atom. The molecule has 1 aromatic heterocycles. The van der Waals surface area contributed by atoms with Crippen molar-refractivity contribution in [3.05, 3.63) is 18.0 Å². The predicted molar refractivity (Wildman–Crippen MR) is 84.6 cm³/mol. The summed E-state index contributed by atoms with van der Waals surface area (Å²) in [5, 5.41) is 9.47. The number of hydrogen-bond acceptors (Lipinski definition) is 4. The van der Waals surface area contributed by atoms with E-state index in [9.17, 15) is 5.11 Å². The van der Waals surface area contributed by atoms with Crippen LogP contribution in [0, 0.1) is 11.8 Å². The Bertz CT molecular complexity index is 407. The summed E-state index contributed by atoms with van der Waals surface area (Å²) in [5.41, 5.74) is 0.775. The van der Waals surface area contributed by atoms with E-state index in [2.05, 4.69) is 25.8 Å². The van der Waals surface area contributed by atoms with Crippen LogP contribution in [0.1, 0.15) is 52.1 Å². The van der Waals surface area contributed by atoms with Crippen LogP contribution in [-0.2, 0) is 11.3 Å². The van der Waals surface area contributed by atoms with Gasteiger partial charge in [-0.25, -0.2) is 0 Å². The summed E-state index contributed by atoms with van der Waals surface area (Å²) in [6, 6.07) is 1.71. The van der Waals surface area contributed by atoms with Crippen LogP contribution in [0.3, 0.4) is 0 Å². The summed E-state index contributed by atoms with van der Waals surface area (Å²) >= 11 is 0. The third kappa shape index (κ3) is 7.32. The van der Waals surface area contributed by atoms with Crippen molar-refractivity contribution in [3.63, 3.8) is 0 Å². The second-order valence-corrected chi connectivity index (χ2v) is 6.12. The molecule has 0 saturated carbocycles. The van der Waals surface area contributed by atoms with Gasteiger partial charge in [-0.15, -0.1) is 0 Å². The molecule has 4 heteroatoms. The zero-order valence-electron chi connectivity index (χ0n) is 13.8. The van der Waals surface area contributed by atoms with Crippen molar-refractivity contribution in [1.29, 1.82) is 0 Å². The maximum Gasteiger partial charge on any atom is 0.176 e. The fourth-order valence-corrected chi connectivity index (χ4v) is 2.19. The highest BCUT2D eigenvalue weighted by Gasteiger charge is 2.06. The first-order chi connectivity index (χ1) is 10.0. The van der Waals surface area contributed by atoms with Crippen molar-refractivity contribution in [2.75, 3.05) is 13.7 Å². The number of methoxy groups -OCH3 is 1. The van der Waals surface area contributed by atoms with Crippen LogP contribution < -0.4 is 4.74 Å². The lowest BCUT2D eigenvalue weighted by Crippen LogP contribution is -2.04. The van der Waals surface area contributed by atoms with E-state index in [1.807, 2.05) is 0 Å². The molecular weight excluding hydrogens is 266 g/mol. The summed E-state index contributed by atoms with van der Waals surface area (Å²) in [6.45, 7) is 8.02. The van der Waals surface area contributed by atoms with Crippen LogP contribution in [0.25, 0.3) is 0 Å². The van der Waals surface area contributed by atoms with E-state index in [0.717, 1.165) is 24.6 Å². The Labute approximate surface area is 128 Å². The minimum Gasteiger partial charge on any atom is -0.503 e. The van der Waals surface area contributed by atoms with E-state index >= 15 is 0 Å². The van der Waals surface area contributed by atoms with Gasteiger partial charge in [0.25, 0.3) is 0 Å². The van der Waals surface area contributed by atoms with Crippen LogP contribution in [0.4, 0.5) is 0 Å². The molecule has 1 atom stereocenters. The lowest BCUT2D eigenvalue weighted by atomic mass is 9.98. The van der Waals surface area contributed by atoms with Gasteiger partial charge in [-0.1, -0.05) is 40.0 Å². The van der Waals surface area contributed by atoms with Crippen molar-refractivity contribution < 1.29 is 14.6 Å². The molecule has 4 nitrogen and oxygen atoms in total. The Balaban J connectivity index is 2.19. The van der Waals surface area contributed by atoms with E-state index in [4.69, 9.17) is 9.47 Å². The van der Waals surface area contributed by atoms with Crippen LogP contribution >= 0.6 is 0 Å². The van der Waals surface area contributed by atoms with Gasteiger partial charge < -0.3 is 14.6 Å². The lowest BCUT2D eigenvalue weighted by Gasteiger charge is -2.12. The molecule has 0 aliphatic rings. The van der Waals surface area contributed by atoms with Crippen molar-refractivity contribution in [2.45, 2.75) is 53.1 Å². The SMILES string of the molecule is COc1cc(COCCC(C)CCCC(C)C)ncc1O. The van der Waals surface area contributed by atoms with Gasteiger partial charge in [0, 0.05) is 12.7 Å². The van der Waals surface area contributed by atoms with Crippen molar-refractivity contribution in [1.82, 2.24) is 4.98 Å². The minimum atomic E-state index is 0.0556. The molecule has 1 N–H and O–H groups in total. The average molecular weight is 295 g/mol. The van der Waals surface area contributed by atoms with Gasteiger partial charge in [-0.3, -0.25) is 4.98 Å². The molecule has 1 aromatic rings. The number of nitrogens with zero attached hydrogens (tertiary/aromatic N) is 1. The van der Waals surface area contributed by atoms with Crippen molar-refractivity contribution >= 4 is 0 Å². The summed E-state index contributed by atoms with van der Waals surface area (Å²) in [6.07, 6.45) is 6.35. The number of ether oxygens (including phenoxy) is 2. The molecule has 0 aliphatic heterocycles. The van der Waals surface area contributed by atoms with Crippen molar-refractivity contribution in [3.8, 4) is 11.5 Å². The summed E-state index contributed by atoms with van der Waals surface area (Å²) in [5.74, 6) is 1.99. The highest BCUT2D eigenvalue weighted by atomic mass is 16.5. The van der Waals surface area contributed by atoms with Crippen molar-refractivity contribution in [2.24, 2.45) is 11.8 Å². The van der Waals surface area contributed by atoms with Crippen LogP contribution in [-0.4, -0.2) is 23.8 Å². The molecule has 1 heterocycles. The molecule has 1 unspecified atom stereocenters. The summed E-state index contributed by atoms with van der Waals surface area (Å²) in [4.78, 5) is 4.12. The maximum absolute atomic E-state index is 9.47. The van der Waals surface area contributed by atoms with Gasteiger partial charge in [0.15, 0.2) is 11.5 Å². The van der Waals surface area contributed by atoms with Crippen LogP contribution in [0.5, 0.6) is 11.5 Å². The first-order valence-electron chi connectivity index (χ1n) is 7.82. The lowest BCUT2D eigenvalue weighted by molar-refractivity contribution is 0.105. The van der Waals surface area contributed by atoms with E-state index in [1.54, 1.807) is 6.07 Å². The van der Waals surface area contributed by atoms with Crippen LogP contribution in [0.15, 0.2) is 12.3 Å². The number of hydrogen-bond donors (Lipinski definition) is 1. The number of aromatic hydroxyl groups is 1. The molecule has 120 valence electrons. The Kier molecular flexibility index (Phi) is 8.13. The maximum atomic E-state index is 9.47. The van der Waals surface area contributed by atoms with Gasteiger partial charge in [-0.2, -0.15) is 0 Å². The molecule has 0 fully saturated rings. The molecular formula is C17H29NO3. The largest absolute Gasteiger partial charge is 0.503 e. The highest BCUT2D eigenvalue weighted by Crippen LogP contribution is 2.24. The third-order valence-corrected chi connectivity index (χ3v) is 3.61. The predicted octanol–water partition coefficient (Wildman–Crippen LogP) is 4.16. The van der Waals surface area contributed by atoms with Gasteiger partial charge in [0.1, 0.15) is 0 Å². The summed E-state index contributed by atoms with van der Waals surface area (Å²) in [7, 11) is 1.53.